The average Bonchev–Trinajstić information content (AvgIpc) is 3.09. The van der Waals surface area contributed by atoms with E-state index in [1.807, 2.05) is 25.1 Å². The molecule has 6 heteroatoms. The molecular formula is C20H18ClFN2O2. The second-order valence-electron chi connectivity index (χ2n) is 5.94. The summed E-state index contributed by atoms with van der Waals surface area (Å²) >= 11 is 5.97. The number of aryl methyl sites for hydroxylation is 1. The minimum absolute atomic E-state index is 0.122. The molecule has 1 atom stereocenters. The minimum atomic E-state index is -0.372. The molecule has 3 rings (SSSR count). The summed E-state index contributed by atoms with van der Waals surface area (Å²) in [5, 5.41) is 3.54. The molecule has 1 aromatic heterocycles. The molecule has 0 fully saturated rings. The first kappa shape index (κ1) is 18.1. The number of aromatic nitrogens is 1. The highest BCUT2D eigenvalue weighted by Crippen LogP contribution is 2.23. The first-order chi connectivity index (χ1) is 12.5. The van der Waals surface area contributed by atoms with Gasteiger partial charge in [0.25, 0.3) is 0 Å². The van der Waals surface area contributed by atoms with E-state index in [-0.39, 0.29) is 24.2 Å². The van der Waals surface area contributed by atoms with Crippen molar-refractivity contribution in [3.63, 3.8) is 0 Å². The number of benzene rings is 2. The fourth-order valence-corrected chi connectivity index (χ4v) is 2.80. The zero-order chi connectivity index (χ0) is 18.5. The number of halogens is 2. The first-order valence-corrected chi connectivity index (χ1v) is 8.65. The normalized spacial score (nSPS) is 12.0. The van der Waals surface area contributed by atoms with Gasteiger partial charge in [-0.3, -0.25) is 4.79 Å². The number of amides is 1. The summed E-state index contributed by atoms with van der Waals surface area (Å²) in [4.78, 5) is 16.3. The minimum Gasteiger partial charge on any atom is -0.441 e. The van der Waals surface area contributed by atoms with Crippen LogP contribution in [-0.4, -0.2) is 10.9 Å². The fraction of sp³-hybridized carbons (Fsp3) is 0.200. The van der Waals surface area contributed by atoms with Crippen molar-refractivity contribution in [2.45, 2.75) is 25.8 Å². The highest BCUT2D eigenvalue weighted by atomic mass is 35.5. The predicted molar refractivity (Wildman–Crippen MR) is 98.2 cm³/mol. The molecule has 0 saturated heterocycles. The van der Waals surface area contributed by atoms with Crippen LogP contribution in [0.2, 0.25) is 5.02 Å². The molecule has 0 aliphatic rings. The molecule has 1 N–H and O–H groups in total. The Hall–Kier alpha value is -2.66. The lowest BCUT2D eigenvalue weighted by Gasteiger charge is -2.14. The van der Waals surface area contributed by atoms with Gasteiger partial charge in [-0.2, -0.15) is 0 Å². The lowest BCUT2D eigenvalue weighted by atomic mass is 10.1. The van der Waals surface area contributed by atoms with Crippen molar-refractivity contribution >= 4 is 17.5 Å². The van der Waals surface area contributed by atoms with E-state index in [1.165, 1.54) is 12.3 Å². The Morgan fingerprint density at radius 3 is 2.85 bits per heavy atom. The predicted octanol–water partition coefficient (Wildman–Crippen LogP) is 4.94. The van der Waals surface area contributed by atoms with E-state index in [9.17, 15) is 9.18 Å². The molecule has 0 radical (unpaired) electrons. The largest absolute Gasteiger partial charge is 0.441 e. The fourth-order valence-electron chi connectivity index (χ4n) is 2.60. The number of oxazole rings is 1. The molecular weight excluding hydrogens is 355 g/mol. The summed E-state index contributed by atoms with van der Waals surface area (Å²) < 4.78 is 19.3. The summed E-state index contributed by atoms with van der Waals surface area (Å²) in [5.74, 6) is 0.256. The Kier molecular flexibility index (Phi) is 5.68. The first-order valence-electron chi connectivity index (χ1n) is 8.27. The standard InChI is InChI=1S/C20H18ClFN2O2/c1-13(14-5-4-6-15(21)11-14)24-19(25)9-10-20-23-12-18(26-20)16-7-2-3-8-17(16)22/h2-8,11-13H,9-10H2,1H3,(H,24,25). The molecule has 134 valence electrons. The van der Waals surface area contributed by atoms with Gasteiger partial charge in [0.05, 0.1) is 17.8 Å². The van der Waals surface area contributed by atoms with Gasteiger partial charge in [0.15, 0.2) is 11.7 Å². The third-order valence-electron chi connectivity index (χ3n) is 3.98. The van der Waals surface area contributed by atoms with E-state index in [0.717, 1.165) is 5.56 Å². The molecule has 26 heavy (non-hydrogen) atoms. The van der Waals surface area contributed by atoms with Gasteiger partial charge in [-0.15, -0.1) is 0 Å². The Labute approximate surface area is 156 Å². The van der Waals surface area contributed by atoms with Gasteiger partial charge in [0.1, 0.15) is 5.82 Å². The summed E-state index contributed by atoms with van der Waals surface area (Å²) in [6.45, 7) is 1.89. The molecule has 0 saturated carbocycles. The lowest BCUT2D eigenvalue weighted by Crippen LogP contribution is -2.26. The Morgan fingerprint density at radius 1 is 1.27 bits per heavy atom. The summed E-state index contributed by atoms with van der Waals surface area (Å²) in [7, 11) is 0. The van der Waals surface area contributed by atoms with Crippen molar-refractivity contribution in [2.24, 2.45) is 0 Å². The van der Waals surface area contributed by atoms with Gasteiger partial charge < -0.3 is 9.73 Å². The van der Waals surface area contributed by atoms with Crippen LogP contribution in [0, 0.1) is 5.82 Å². The number of nitrogens with one attached hydrogen (secondary N) is 1. The SMILES string of the molecule is CC(NC(=O)CCc1ncc(-c2ccccc2F)o1)c1cccc(Cl)c1. The van der Waals surface area contributed by atoms with Crippen LogP contribution >= 0.6 is 11.6 Å². The Balaban J connectivity index is 1.56. The number of carbonyl (C=O) groups excluding carboxylic acids is 1. The van der Waals surface area contributed by atoms with Gasteiger partial charge in [0.2, 0.25) is 5.91 Å². The van der Waals surface area contributed by atoms with Crippen LogP contribution in [0.15, 0.2) is 59.1 Å². The third kappa shape index (κ3) is 4.49. The monoisotopic (exact) mass is 372 g/mol. The zero-order valence-electron chi connectivity index (χ0n) is 14.2. The number of rotatable bonds is 6. The smallest absolute Gasteiger partial charge is 0.220 e. The zero-order valence-corrected chi connectivity index (χ0v) is 15.0. The highest BCUT2D eigenvalue weighted by molar-refractivity contribution is 6.30. The quantitative estimate of drug-likeness (QED) is 0.666. The highest BCUT2D eigenvalue weighted by Gasteiger charge is 2.13. The van der Waals surface area contributed by atoms with Crippen LogP contribution in [0.3, 0.4) is 0 Å². The van der Waals surface area contributed by atoms with Crippen LogP contribution in [0.4, 0.5) is 4.39 Å². The van der Waals surface area contributed by atoms with E-state index in [1.54, 1.807) is 24.3 Å². The van der Waals surface area contributed by atoms with Crippen molar-refractivity contribution < 1.29 is 13.6 Å². The van der Waals surface area contributed by atoms with Crippen molar-refractivity contribution in [3.05, 3.63) is 77.0 Å². The number of hydrogen-bond acceptors (Lipinski definition) is 3. The van der Waals surface area contributed by atoms with Gasteiger partial charge >= 0.3 is 0 Å². The molecule has 0 aliphatic heterocycles. The van der Waals surface area contributed by atoms with Crippen LogP contribution in [-0.2, 0) is 11.2 Å². The molecule has 1 amide bonds. The maximum absolute atomic E-state index is 13.8. The van der Waals surface area contributed by atoms with Crippen molar-refractivity contribution in [3.8, 4) is 11.3 Å². The Bertz CT molecular complexity index is 910. The molecule has 3 aromatic rings. The van der Waals surface area contributed by atoms with Crippen molar-refractivity contribution in [2.75, 3.05) is 0 Å². The van der Waals surface area contributed by atoms with Gasteiger partial charge in [-0.1, -0.05) is 35.9 Å². The van der Waals surface area contributed by atoms with Crippen LogP contribution in [0.25, 0.3) is 11.3 Å². The number of carbonyl (C=O) groups is 1. The molecule has 2 aromatic carbocycles. The van der Waals surface area contributed by atoms with Crippen molar-refractivity contribution in [1.29, 1.82) is 0 Å². The van der Waals surface area contributed by atoms with Gasteiger partial charge in [-0.05, 0) is 36.8 Å². The molecule has 0 aliphatic carbocycles. The topological polar surface area (TPSA) is 55.1 Å². The molecule has 1 heterocycles. The third-order valence-corrected chi connectivity index (χ3v) is 4.22. The Morgan fingerprint density at radius 2 is 2.08 bits per heavy atom. The van der Waals surface area contributed by atoms with E-state index < -0.39 is 0 Å². The second kappa shape index (κ2) is 8.15. The maximum Gasteiger partial charge on any atom is 0.220 e. The van der Waals surface area contributed by atoms with Crippen LogP contribution in [0.1, 0.15) is 30.8 Å². The van der Waals surface area contributed by atoms with E-state index in [4.69, 9.17) is 16.0 Å². The molecule has 0 bridgehead atoms. The van der Waals surface area contributed by atoms with E-state index >= 15 is 0 Å². The molecule has 0 spiro atoms. The van der Waals surface area contributed by atoms with Crippen molar-refractivity contribution in [1.82, 2.24) is 10.3 Å². The summed E-state index contributed by atoms with van der Waals surface area (Å²) in [6.07, 6.45) is 2.03. The van der Waals surface area contributed by atoms with Gasteiger partial charge in [-0.25, -0.2) is 9.37 Å². The van der Waals surface area contributed by atoms with Crippen LogP contribution in [0.5, 0.6) is 0 Å². The van der Waals surface area contributed by atoms with E-state index in [0.29, 0.717) is 28.7 Å². The second-order valence-corrected chi connectivity index (χ2v) is 6.38. The van der Waals surface area contributed by atoms with E-state index in [2.05, 4.69) is 10.3 Å². The number of nitrogens with zero attached hydrogens (tertiary/aromatic N) is 1. The molecule has 1 unspecified atom stereocenters. The summed E-state index contributed by atoms with van der Waals surface area (Å²) in [6, 6.07) is 13.5. The number of hydrogen-bond donors (Lipinski definition) is 1. The van der Waals surface area contributed by atoms with Gasteiger partial charge in [0, 0.05) is 17.9 Å². The summed E-state index contributed by atoms with van der Waals surface area (Å²) in [5.41, 5.74) is 1.29. The maximum atomic E-state index is 13.8. The van der Waals surface area contributed by atoms with Crippen LogP contribution < -0.4 is 5.32 Å². The average molecular weight is 373 g/mol. The molecule has 4 nitrogen and oxygen atoms in total. The lowest BCUT2D eigenvalue weighted by molar-refractivity contribution is -0.121.